The van der Waals surface area contributed by atoms with Crippen molar-refractivity contribution in [3.63, 3.8) is 0 Å². The molecule has 0 aromatic rings. The van der Waals surface area contributed by atoms with Crippen LogP contribution in [0.4, 0.5) is 0 Å². The highest BCUT2D eigenvalue weighted by atomic mass is 79.9. The Bertz CT molecular complexity index is 103. The van der Waals surface area contributed by atoms with Crippen LogP contribution >= 0.6 is 31.9 Å². The zero-order chi connectivity index (χ0) is 5.98. The standard InChI is InChI=1S/C5H6Br2O/c6-4-2-1-3-8-5(4)7/h1-2,4-5H,3H2. The Labute approximate surface area is 65.4 Å². The normalized spacial score (nSPS) is 37.8. The fourth-order valence-corrected chi connectivity index (χ4v) is 1.21. The van der Waals surface area contributed by atoms with Gasteiger partial charge in [0.2, 0.25) is 0 Å². The third-order valence-electron chi connectivity index (χ3n) is 0.922. The molecule has 0 fully saturated rings. The lowest BCUT2D eigenvalue weighted by molar-refractivity contribution is 0.141. The van der Waals surface area contributed by atoms with Crippen molar-refractivity contribution in [2.45, 2.75) is 9.84 Å². The van der Waals surface area contributed by atoms with Crippen LogP contribution in [0.1, 0.15) is 0 Å². The molecule has 0 aromatic carbocycles. The van der Waals surface area contributed by atoms with Gasteiger partial charge in [0, 0.05) is 0 Å². The summed E-state index contributed by atoms with van der Waals surface area (Å²) in [6, 6.07) is 0. The predicted molar refractivity (Wildman–Crippen MR) is 40.5 cm³/mol. The van der Waals surface area contributed by atoms with Gasteiger partial charge in [-0.25, -0.2) is 0 Å². The molecule has 46 valence electrons. The van der Waals surface area contributed by atoms with E-state index in [4.69, 9.17) is 4.74 Å². The summed E-state index contributed by atoms with van der Waals surface area (Å²) >= 11 is 6.73. The van der Waals surface area contributed by atoms with E-state index in [0.29, 0.717) is 4.83 Å². The van der Waals surface area contributed by atoms with Crippen molar-refractivity contribution in [2.75, 3.05) is 6.61 Å². The Balaban J connectivity index is 2.47. The first-order valence-electron chi connectivity index (χ1n) is 2.37. The van der Waals surface area contributed by atoms with Crippen molar-refractivity contribution >= 4 is 31.9 Å². The van der Waals surface area contributed by atoms with Gasteiger partial charge in [0.15, 0.2) is 0 Å². The van der Waals surface area contributed by atoms with Crippen molar-refractivity contribution in [1.29, 1.82) is 0 Å². The van der Waals surface area contributed by atoms with Gasteiger partial charge >= 0.3 is 0 Å². The van der Waals surface area contributed by atoms with Crippen LogP contribution in [-0.4, -0.2) is 16.4 Å². The zero-order valence-electron chi connectivity index (χ0n) is 4.18. The maximum atomic E-state index is 5.17. The summed E-state index contributed by atoms with van der Waals surface area (Å²) in [5, 5.41) is 0.146. The molecular formula is C5H6Br2O. The van der Waals surface area contributed by atoms with Crippen molar-refractivity contribution in [3.05, 3.63) is 12.2 Å². The van der Waals surface area contributed by atoms with Gasteiger partial charge in [0.1, 0.15) is 5.01 Å². The van der Waals surface area contributed by atoms with Crippen molar-refractivity contribution in [1.82, 2.24) is 0 Å². The van der Waals surface area contributed by atoms with Gasteiger partial charge in [0.25, 0.3) is 0 Å². The molecule has 0 bridgehead atoms. The topological polar surface area (TPSA) is 9.23 Å². The zero-order valence-corrected chi connectivity index (χ0v) is 7.35. The predicted octanol–water partition coefficient (Wildman–Crippen LogP) is 2.06. The summed E-state index contributed by atoms with van der Waals surface area (Å²) in [7, 11) is 0. The molecule has 0 saturated heterocycles. The summed E-state index contributed by atoms with van der Waals surface area (Å²) in [6.45, 7) is 0.720. The van der Waals surface area contributed by atoms with E-state index in [0.717, 1.165) is 6.61 Å². The number of halogens is 2. The third kappa shape index (κ3) is 1.57. The molecule has 2 unspecified atom stereocenters. The van der Waals surface area contributed by atoms with Crippen LogP contribution < -0.4 is 0 Å². The molecule has 1 heterocycles. The first kappa shape index (κ1) is 6.78. The lowest BCUT2D eigenvalue weighted by Gasteiger charge is -2.16. The molecule has 0 spiro atoms. The Morgan fingerprint density at radius 3 is 2.62 bits per heavy atom. The quantitative estimate of drug-likeness (QED) is 0.466. The van der Waals surface area contributed by atoms with E-state index in [1.807, 2.05) is 6.08 Å². The third-order valence-corrected chi connectivity index (χ3v) is 3.25. The highest BCUT2D eigenvalue weighted by molar-refractivity contribution is 9.12. The van der Waals surface area contributed by atoms with Crippen molar-refractivity contribution in [3.8, 4) is 0 Å². The van der Waals surface area contributed by atoms with Crippen molar-refractivity contribution in [2.24, 2.45) is 0 Å². The summed E-state index contributed by atoms with van der Waals surface area (Å²) < 4.78 is 5.17. The minimum absolute atomic E-state index is 0.146. The molecule has 0 amide bonds. The molecule has 8 heavy (non-hydrogen) atoms. The number of hydrogen-bond acceptors (Lipinski definition) is 1. The summed E-state index contributed by atoms with van der Waals surface area (Å²) in [6.07, 6.45) is 4.07. The van der Waals surface area contributed by atoms with Gasteiger partial charge < -0.3 is 4.74 Å². The Morgan fingerprint density at radius 2 is 2.25 bits per heavy atom. The van der Waals surface area contributed by atoms with Gasteiger partial charge in [-0.15, -0.1) is 0 Å². The largest absolute Gasteiger partial charge is 0.361 e. The average molecular weight is 242 g/mol. The maximum Gasteiger partial charge on any atom is 0.128 e. The first-order chi connectivity index (χ1) is 3.80. The fraction of sp³-hybridized carbons (Fsp3) is 0.600. The summed E-state index contributed by atoms with van der Waals surface area (Å²) in [5.74, 6) is 0. The number of ether oxygens (including phenoxy) is 1. The Hall–Kier alpha value is 0.660. The molecule has 1 aliphatic rings. The molecule has 3 heteroatoms. The van der Waals surface area contributed by atoms with Crippen LogP contribution in [0.25, 0.3) is 0 Å². The minimum Gasteiger partial charge on any atom is -0.361 e. The minimum atomic E-state index is 0.146. The number of hydrogen-bond donors (Lipinski definition) is 0. The fourth-order valence-electron chi connectivity index (χ4n) is 0.512. The maximum absolute atomic E-state index is 5.17. The van der Waals surface area contributed by atoms with E-state index >= 15 is 0 Å². The van der Waals surface area contributed by atoms with Gasteiger partial charge in [-0.1, -0.05) is 44.0 Å². The number of rotatable bonds is 0. The molecule has 0 aromatic heterocycles. The lowest BCUT2D eigenvalue weighted by Crippen LogP contribution is -2.19. The SMILES string of the molecule is BrC1C=CCOC1Br. The summed E-state index contributed by atoms with van der Waals surface area (Å²) in [4.78, 5) is 0.330. The molecule has 2 atom stereocenters. The summed E-state index contributed by atoms with van der Waals surface area (Å²) in [5.41, 5.74) is 0. The smallest absolute Gasteiger partial charge is 0.128 e. The van der Waals surface area contributed by atoms with E-state index in [2.05, 4.69) is 37.9 Å². The van der Waals surface area contributed by atoms with Crippen molar-refractivity contribution < 1.29 is 4.74 Å². The number of alkyl halides is 2. The van der Waals surface area contributed by atoms with Crippen LogP contribution in [0.5, 0.6) is 0 Å². The van der Waals surface area contributed by atoms with Crippen LogP contribution in [-0.2, 0) is 4.74 Å². The molecule has 1 aliphatic heterocycles. The van der Waals surface area contributed by atoms with Gasteiger partial charge in [0.05, 0.1) is 11.4 Å². The van der Waals surface area contributed by atoms with E-state index in [-0.39, 0.29) is 5.01 Å². The van der Waals surface area contributed by atoms with Crippen LogP contribution in [0.3, 0.4) is 0 Å². The first-order valence-corrected chi connectivity index (χ1v) is 4.20. The Kier molecular flexibility index (Phi) is 2.53. The highest BCUT2D eigenvalue weighted by Gasteiger charge is 2.14. The van der Waals surface area contributed by atoms with E-state index in [1.165, 1.54) is 0 Å². The molecule has 0 saturated carbocycles. The van der Waals surface area contributed by atoms with E-state index in [1.54, 1.807) is 0 Å². The van der Waals surface area contributed by atoms with E-state index in [9.17, 15) is 0 Å². The second-order valence-electron chi connectivity index (χ2n) is 1.56. The van der Waals surface area contributed by atoms with Gasteiger partial charge in [-0.3, -0.25) is 0 Å². The van der Waals surface area contributed by atoms with Crippen LogP contribution in [0.15, 0.2) is 12.2 Å². The Morgan fingerprint density at radius 1 is 1.50 bits per heavy atom. The second-order valence-corrected chi connectivity index (χ2v) is 3.52. The highest BCUT2D eigenvalue weighted by Crippen LogP contribution is 2.19. The molecule has 1 rings (SSSR count). The lowest BCUT2D eigenvalue weighted by atomic mass is 10.3. The van der Waals surface area contributed by atoms with Gasteiger partial charge in [-0.05, 0) is 0 Å². The second kappa shape index (κ2) is 2.99. The molecule has 0 aliphatic carbocycles. The van der Waals surface area contributed by atoms with Crippen LogP contribution in [0.2, 0.25) is 0 Å². The molecular weight excluding hydrogens is 236 g/mol. The van der Waals surface area contributed by atoms with Gasteiger partial charge in [-0.2, -0.15) is 0 Å². The molecule has 0 N–H and O–H groups in total. The monoisotopic (exact) mass is 240 g/mol. The average Bonchev–Trinajstić information content (AvgIpc) is 1.77. The molecule has 0 radical (unpaired) electrons. The van der Waals surface area contributed by atoms with E-state index < -0.39 is 0 Å². The van der Waals surface area contributed by atoms with Crippen LogP contribution in [0, 0.1) is 0 Å². The molecule has 1 nitrogen and oxygen atoms in total.